The number of rotatable bonds is 7. The van der Waals surface area contributed by atoms with Gasteiger partial charge < -0.3 is 9.47 Å². The van der Waals surface area contributed by atoms with E-state index in [-0.39, 0.29) is 12.1 Å². The van der Waals surface area contributed by atoms with E-state index in [0.717, 1.165) is 19.4 Å². The van der Waals surface area contributed by atoms with Crippen LogP contribution in [0, 0.1) is 5.41 Å². The van der Waals surface area contributed by atoms with Crippen LogP contribution in [-0.2, 0) is 14.3 Å². The highest BCUT2D eigenvalue weighted by Gasteiger charge is 2.23. The van der Waals surface area contributed by atoms with Gasteiger partial charge in [0.2, 0.25) is 0 Å². The summed E-state index contributed by atoms with van der Waals surface area (Å²) in [5, 5.41) is 0. The summed E-state index contributed by atoms with van der Waals surface area (Å²) in [6.45, 7) is 7.93. The van der Waals surface area contributed by atoms with E-state index in [2.05, 4.69) is 20.8 Å². The molecule has 0 aromatic carbocycles. The summed E-state index contributed by atoms with van der Waals surface area (Å²) in [7, 11) is 0. The van der Waals surface area contributed by atoms with Crippen LogP contribution in [0.25, 0.3) is 0 Å². The summed E-state index contributed by atoms with van der Waals surface area (Å²) in [6, 6.07) is 0. The van der Waals surface area contributed by atoms with Gasteiger partial charge in [-0.25, -0.2) is 0 Å². The normalized spacial score (nSPS) is 19.6. The van der Waals surface area contributed by atoms with Crippen molar-refractivity contribution in [2.45, 2.75) is 59.0 Å². The Morgan fingerprint density at radius 3 is 2.56 bits per heavy atom. The Morgan fingerprint density at radius 2 is 2.00 bits per heavy atom. The number of hydrogen-bond acceptors (Lipinski definition) is 3. The Kier molecular flexibility index (Phi) is 5.26. The zero-order valence-electron chi connectivity index (χ0n) is 10.8. The van der Waals surface area contributed by atoms with E-state index in [0.29, 0.717) is 18.4 Å². The lowest BCUT2D eigenvalue weighted by molar-refractivity contribution is -0.144. The van der Waals surface area contributed by atoms with Gasteiger partial charge in [-0.1, -0.05) is 33.6 Å². The largest absolute Gasteiger partial charge is 0.463 e. The van der Waals surface area contributed by atoms with E-state index in [1.807, 2.05) is 0 Å². The lowest BCUT2D eigenvalue weighted by Gasteiger charge is -2.17. The highest BCUT2D eigenvalue weighted by atomic mass is 16.6. The molecule has 0 aromatic heterocycles. The number of carbonyl (C=O) groups excluding carboxylic acids is 1. The molecule has 16 heavy (non-hydrogen) atoms. The first-order valence-electron chi connectivity index (χ1n) is 6.24. The van der Waals surface area contributed by atoms with E-state index in [1.165, 1.54) is 12.8 Å². The van der Waals surface area contributed by atoms with Crippen LogP contribution in [0.3, 0.4) is 0 Å². The lowest BCUT2D eigenvalue weighted by Crippen LogP contribution is -2.09. The molecule has 0 unspecified atom stereocenters. The zero-order valence-corrected chi connectivity index (χ0v) is 10.8. The quantitative estimate of drug-likeness (QED) is 0.382. The van der Waals surface area contributed by atoms with Gasteiger partial charge in [-0.3, -0.25) is 4.79 Å². The monoisotopic (exact) mass is 228 g/mol. The first-order chi connectivity index (χ1) is 7.47. The van der Waals surface area contributed by atoms with Crippen molar-refractivity contribution in [3.63, 3.8) is 0 Å². The summed E-state index contributed by atoms with van der Waals surface area (Å²) >= 11 is 0. The third kappa shape index (κ3) is 7.69. The topological polar surface area (TPSA) is 38.8 Å². The fourth-order valence-electron chi connectivity index (χ4n) is 1.52. The van der Waals surface area contributed by atoms with Crippen molar-refractivity contribution >= 4 is 5.97 Å². The molecule has 0 N–H and O–H groups in total. The second-order valence-corrected chi connectivity index (χ2v) is 5.76. The molecule has 0 saturated carbocycles. The number of ether oxygens (including phenoxy) is 2. The molecule has 1 aliphatic heterocycles. The molecule has 1 saturated heterocycles. The predicted molar refractivity (Wildman–Crippen MR) is 63.2 cm³/mol. The molecule has 1 heterocycles. The van der Waals surface area contributed by atoms with Gasteiger partial charge >= 0.3 is 5.97 Å². The van der Waals surface area contributed by atoms with E-state index < -0.39 is 0 Å². The Bertz CT molecular complexity index is 214. The second kappa shape index (κ2) is 6.24. The van der Waals surface area contributed by atoms with Crippen LogP contribution in [0.2, 0.25) is 0 Å². The van der Waals surface area contributed by atoms with Crippen LogP contribution in [0.1, 0.15) is 52.9 Å². The van der Waals surface area contributed by atoms with Crippen LogP contribution in [-0.4, -0.2) is 25.3 Å². The number of unbranched alkanes of at least 4 members (excludes halogenated alkanes) is 2. The van der Waals surface area contributed by atoms with Gasteiger partial charge in [0.1, 0.15) is 12.7 Å². The van der Waals surface area contributed by atoms with Crippen molar-refractivity contribution < 1.29 is 14.3 Å². The number of epoxide rings is 1. The van der Waals surface area contributed by atoms with Gasteiger partial charge in [-0.15, -0.1) is 0 Å². The van der Waals surface area contributed by atoms with Crippen molar-refractivity contribution in [3.8, 4) is 0 Å². The highest BCUT2D eigenvalue weighted by Crippen LogP contribution is 2.22. The molecule has 94 valence electrons. The third-order valence-corrected chi connectivity index (χ3v) is 2.64. The van der Waals surface area contributed by atoms with Crippen molar-refractivity contribution in [1.82, 2.24) is 0 Å². The smallest absolute Gasteiger partial charge is 0.305 e. The van der Waals surface area contributed by atoms with Crippen molar-refractivity contribution in [2.75, 3.05) is 13.2 Å². The molecule has 0 spiro atoms. The Balaban J connectivity index is 1.87. The van der Waals surface area contributed by atoms with Crippen molar-refractivity contribution in [1.29, 1.82) is 0 Å². The Labute approximate surface area is 98.5 Å². The van der Waals surface area contributed by atoms with Crippen molar-refractivity contribution in [2.24, 2.45) is 5.41 Å². The summed E-state index contributed by atoms with van der Waals surface area (Å²) in [5.74, 6) is -0.0775. The minimum absolute atomic E-state index is 0.0775. The molecule has 3 heteroatoms. The standard InChI is InChI=1S/C13H24O3/c1-13(2,3)8-6-4-5-7-12(14)16-10-11-9-15-11/h11H,4-10H2,1-3H3/t11-/m0/s1. The molecular weight excluding hydrogens is 204 g/mol. The van der Waals surface area contributed by atoms with E-state index in [9.17, 15) is 4.79 Å². The van der Waals surface area contributed by atoms with Crippen LogP contribution in [0.15, 0.2) is 0 Å². The van der Waals surface area contributed by atoms with Crippen LogP contribution >= 0.6 is 0 Å². The van der Waals surface area contributed by atoms with E-state index in [4.69, 9.17) is 9.47 Å². The molecule has 1 fully saturated rings. The maximum Gasteiger partial charge on any atom is 0.305 e. The first kappa shape index (κ1) is 13.5. The van der Waals surface area contributed by atoms with E-state index in [1.54, 1.807) is 0 Å². The van der Waals surface area contributed by atoms with Gasteiger partial charge in [0, 0.05) is 6.42 Å². The first-order valence-corrected chi connectivity index (χ1v) is 6.24. The van der Waals surface area contributed by atoms with Gasteiger partial charge in [0.25, 0.3) is 0 Å². The van der Waals surface area contributed by atoms with Crippen LogP contribution in [0.5, 0.6) is 0 Å². The molecular formula is C13H24O3. The SMILES string of the molecule is CC(C)(C)CCCCCC(=O)OC[C@@H]1CO1. The molecule has 3 nitrogen and oxygen atoms in total. The van der Waals surface area contributed by atoms with E-state index >= 15 is 0 Å². The Hall–Kier alpha value is -0.570. The molecule has 1 atom stereocenters. The minimum atomic E-state index is -0.0775. The molecule has 1 rings (SSSR count). The highest BCUT2D eigenvalue weighted by molar-refractivity contribution is 5.69. The maximum absolute atomic E-state index is 11.3. The molecule has 0 aliphatic carbocycles. The fourth-order valence-corrected chi connectivity index (χ4v) is 1.52. The average molecular weight is 228 g/mol. The lowest BCUT2D eigenvalue weighted by atomic mass is 9.89. The van der Waals surface area contributed by atoms with Gasteiger partial charge in [0.15, 0.2) is 0 Å². The fraction of sp³-hybridized carbons (Fsp3) is 0.923. The summed E-state index contributed by atoms with van der Waals surface area (Å²) in [6.07, 6.45) is 5.22. The number of hydrogen-bond donors (Lipinski definition) is 0. The second-order valence-electron chi connectivity index (χ2n) is 5.76. The average Bonchev–Trinajstić information content (AvgIpc) is 2.95. The molecule has 0 radical (unpaired) electrons. The third-order valence-electron chi connectivity index (χ3n) is 2.64. The Morgan fingerprint density at radius 1 is 1.31 bits per heavy atom. The molecule has 0 bridgehead atoms. The van der Waals surface area contributed by atoms with Gasteiger partial charge in [-0.05, 0) is 18.3 Å². The van der Waals surface area contributed by atoms with Gasteiger partial charge in [-0.2, -0.15) is 0 Å². The number of esters is 1. The predicted octanol–water partition coefficient (Wildman–Crippen LogP) is 2.93. The minimum Gasteiger partial charge on any atom is -0.463 e. The van der Waals surface area contributed by atoms with Crippen LogP contribution in [0.4, 0.5) is 0 Å². The summed E-state index contributed by atoms with van der Waals surface area (Å²) in [5.41, 5.74) is 0.407. The van der Waals surface area contributed by atoms with Crippen molar-refractivity contribution in [3.05, 3.63) is 0 Å². The number of carbonyl (C=O) groups is 1. The summed E-state index contributed by atoms with van der Waals surface area (Å²) < 4.78 is 10.0. The molecule has 0 aromatic rings. The maximum atomic E-state index is 11.3. The molecule has 1 aliphatic rings. The zero-order chi connectivity index (χ0) is 12.0. The summed E-state index contributed by atoms with van der Waals surface area (Å²) in [4.78, 5) is 11.3. The molecule has 0 amide bonds. The van der Waals surface area contributed by atoms with Gasteiger partial charge in [0.05, 0.1) is 6.61 Å². The van der Waals surface area contributed by atoms with Crippen LogP contribution < -0.4 is 0 Å².